The first kappa shape index (κ1) is 10.8. The molecule has 4 nitrogen and oxygen atoms in total. The molecule has 3 aliphatic rings. The molecule has 0 aromatic carbocycles. The van der Waals surface area contributed by atoms with E-state index in [0.29, 0.717) is 5.56 Å². The third-order valence-corrected chi connectivity index (χ3v) is 3.57. The van der Waals surface area contributed by atoms with Gasteiger partial charge in [0.05, 0.1) is 12.2 Å². The molecule has 0 radical (unpaired) electrons. The highest BCUT2D eigenvalue weighted by Crippen LogP contribution is 2.19. The second kappa shape index (κ2) is 4.16. The fraction of sp³-hybridized carbons (Fsp3) is 0.500. The number of rotatable bonds is 2. The van der Waals surface area contributed by atoms with Gasteiger partial charge >= 0.3 is 0 Å². The molecule has 0 amide bonds. The number of hydrogen-bond acceptors (Lipinski definition) is 4. The standard InChI is InChI=1S/C12H14FN3O/c13-10-5-9(6-14-7-10)12(17)11-8-15-1-3-16(11)4-2-15/h5-7,11H,1-4,8H2. The second-order valence-electron chi connectivity index (χ2n) is 4.61. The summed E-state index contributed by atoms with van der Waals surface area (Å²) in [7, 11) is 0. The minimum atomic E-state index is -0.452. The van der Waals surface area contributed by atoms with Gasteiger partial charge in [0.15, 0.2) is 5.78 Å². The Balaban J connectivity index is 1.83. The van der Waals surface area contributed by atoms with Gasteiger partial charge in [-0.3, -0.25) is 19.6 Å². The number of nitrogens with zero attached hydrogens (tertiary/aromatic N) is 3. The highest BCUT2D eigenvalue weighted by atomic mass is 19.1. The minimum absolute atomic E-state index is 0.0126. The molecule has 1 aromatic rings. The largest absolute Gasteiger partial charge is 0.299 e. The summed E-state index contributed by atoms with van der Waals surface area (Å²) in [4.78, 5) is 20.5. The van der Waals surface area contributed by atoms with E-state index in [1.165, 1.54) is 12.3 Å². The van der Waals surface area contributed by atoms with Crippen molar-refractivity contribution >= 4 is 5.78 Å². The number of halogens is 1. The molecular formula is C12H14FN3O. The number of fused-ring (bicyclic) bond motifs is 3. The first-order valence-corrected chi connectivity index (χ1v) is 5.85. The van der Waals surface area contributed by atoms with Crippen LogP contribution in [0.1, 0.15) is 10.4 Å². The van der Waals surface area contributed by atoms with Crippen LogP contribution in [0.2, 0.25) is 0 Å². The minimum Gasteiger partial charge on any atom is -0.299 e. The summed E-state index contributed by atoms with van der Waals surface area (Å²) in [5.41, 5.74) is 0.378. The van der Waals surface area contributed by atoms with E-state index < -0.39 is 5.82 Å². The van der Waals surface area contributed by atoms with Crippen LogP contribution < -0.4 is 0 Å². The van der Waals surface area contributed by atoms with Crippen LogP contribution in [0.5, 0.6) is 0 Å². The lowest BCUT2D eigenvalue weighted by atomic mass is 9.99. The van der Waals surface area contributed by atoms with Crippen LogP contribution in [0.15, 0.2) is 18.5 Å². The van der Waals surface area contributed by atoms with Gasteiger partial charge in [0, 0.05) is 44.5 Å². The van der Waals surface area contributed by atoms with Crippen LogP contribution in [0.4, 0.5) is 4.39 Å². The molecule has 3 saturated heterocycles. The Kier molecular flexibility index (Phi) is 2.64. The fourth-order valence-electron chi connectivity index (χ4n) is 2.61. The number of pyridine rings is 1. The van der Waals surface area contributed by atoms with E-state index >= 15 is 0 Å². The van der Waals surface area contributed by atoms with Crippen LogP contribution >= 0.6 is 0 Å². The van der Waals surface area contributed by atoms with Crippen LogP contribution in [-0.4, -0.2) is 59.3 Å². The summed E-state index contributed by atoms with van der Waals surface area (Å²) < 4.78 is 13.0. The van der Waals surface area contributed by atoms with Crippen molar-refractivity contribution in [1.82, 2.24) is 14.8 Å². The Labute approximate surface area is 99.0 Å². The van der Waals surface area contributed by atoms with Gasteiger partial charge in [-0.05, 0) is 6.07 Å². The number of piperazine rings is 3. The summed E-state index contributed by atoms with van der Waals surface area (Å²) in [6.07, 6.45) is 2.57. The number of Topliss-reactive ketones (excluding diaryl/α,β-unsaturated/α-hetero) is 1. The van der Waals surface area contributed by atoms with E-state index in [4.69, 9.17) is 0 Å². The predicted molar refractivity (Wildman–Crippen MR) is 60.3 cm³/mol. The number of carbonyl (C=O) groups excluding carboxylic acids is 1. The molecule has 3 aliphatic heterocycles. The number of ketones is 1. The second-order valence-corrected chi connectivity index (χ2v) is 4.61. The van der Waals surface area contributed by atoms with E-state index in [9.17, 15) is 9.18 Å². The predicted octanol–water partition coefficient (Wildman–Crippen LogP) is 0.403. The molecule has 90 valence electrons. The van der Waals surface area contributed by atoms with Gasteiger partial charge in [-0.25, -0.2) is 4.39 Å². The lowest BCUT2D eigenvalue weighted by molar-refractivity contribution is 0.0159. The van der Waals surface area contributed by atoms with Gasteiger partial charge in [-0.1, -0.05) is 0 Å². The zero-order valence-corrected chi connectivity index (χ0v) is 9.47. The number of hydrogen-bond donors (Lipinski definition) is 0. The van der Waals surface area contributed by atoms with Crippen molar-refractivity contribution < 1.29 is 9.18 Å². The molecule has 3 fully saturated rings. The van der Waals surface area contributed by atoms with Crippen LogP contribution in [0.3, 0.4) is 0 Å². The highest BCUT2D eigenvalue weighted by Gasteiger charge is 2.36. The first-order valence-electron chi connectivity index (χ1n) is 5.85. The maximum absolute atomic E-state index is 13.0. The Morgan fingerprint density at radius 1 is 1.29 bits per heavy atom. The average molecular weight is 235 g/mol. The van der Waals surface area contributed by atoms with Gasteiger partial charge in [0.1, 0.15) is 5.82 Å². The van der Waals surface area contributed by atoms with Crippen molar-refractivity contribution in [2.45, 2.75) is 6.04 Å². The molecule has 1 aromatic heterocycles. The topological polar surface area (TPSA) is 36.4 Å². The van der Waals surface area contributed by atoms with E-state index in [1.807, 2.05) is 0 Å². The first-order chi connectivity index (χ1) is 8.24. The van der Waals surface area contributed by atoms with E-state index in [1.54, 1.807) is 0 Å². The lowest BCUT2D eigenvalue weighted by Crippen LogP contribution is -2.63. The quantitative estimate of drug-likeness (QED) is 0.695. The fourth-order valence-corrected chi connectivity index (χ4v) is 2.61. The molecule has 4 heterocycles. The van der Waals surface area contributed by atoms with Crippen LogP contribution in [0.25, 0.3) is 0 Å². The number of carbonyl (C=O) groups is 1. The van der Waals surface area contributed by atoms with Crippen molar-refractivity contribution in [3.63, 3.8) is 0 Å². The zero-order valence-electron chi connectivity index (χ0n) is 9.47. The Morgan fingerprint density at radius 3 is 2.65 bits per heavy atom. The molecule has 0 N–H and O–H groups in total. The third-order valence-electron chi connectivity index (χ3n) is 3.57. The summed E-state index contributed by atoms with van der Waals surface area (Å²) in [5.74, 6) is -0.464. The highest BCUT2D eigenvalue weighted by molar-refractivity contribution is 6.00. The normalized spacial score (nSPS) is 31.5. The molecule has 17 heavy (non-hydrogen) atoms. The van der Waals surface area contributed by atoms with Crippen molar-refractivity contribution in [2.24, 2.45) is 0 Å². The molecule has 0 saturated carbocycles. The average Bonchev–Trinajstić information content (AvgIpc) is 2.39. The lowest BCUT2D eigenvalue weighted by Gasteiger charge is -2.46. The van der Waals surface area contributed by atoms with Crippen LogP contribution in [-0.2, 0) is 0 Å². The smallest absolute Gasteiger partial charge is 0.182 e. The Morgan fingerprint density at radius 2 is 2.06 bits per heavy atom. The monoisotopic (exact) mass is 235 g/mol. The van der Waals surface area contributed by atoms with Gasteiger partial charge in [0.25, 0.3) is 0 Å². The van der Waals surface area contributed by atoms with Crippen LogP contribution in [0, 0.1) is 5.82 Å². The third kappa shape index (κ3) is 1.96. The van der Waals surface area contributed by atoms with E-state index in [2.05, 4.69) is 14.8 Å². The Hall–Kier alpha value is -1.33. The molecule has 1 unspecified atom stereocenters. The van der Waals surface area contributed by atoms with Gasteiger partial charge < -0.3 is 0 Å². The molecule has 5 heteroatoms. The van der Waals surface area contributed by atoms with Gasteiger partial charge in [-0.15, -0.1) is 0 Å². The zero-order chi connectivity index (χ0) is 11.8. The van der Waals surface area contributed by atoms with Crippen molar-refractivity contribution in [3.8, 4) is 0 Å². The summed E-state index contributed by atoms with van der Waals surface area (Å²) in [5, 5.41) is 0. The van der Waals surface area contributed by atoms with Gasteiger partial charge in [-0.2, -0.15) is 0 Å². The van der Waals surface area contributed by atoms with Crippen molar-refractivity contribution in [1.29, 1.82) is 0 Å². The molecule has 0 aliphatic carbocycles. The maximum Gasteiger partial charge on any atom is 0.182 e. The van der Waals surface area contributed by atoms with Crippen molar-refractivity contribution in [2.75, 3.05) is 32.7 Å². The van der Waals surface area contributed by atoms with Crippen molar-refractivity contribution in [3.05, 3.63) is 29.8 Å². The molecule has 4 rings (SSSR count). The van der Waals surface area contributed by atoms with E-state index in [-0.39, 0.29) is 11.8 Å². The van der Waals surface area contributed by atoms with E-state index in [0.717, 1.165) is 38.9 Å². The molecule has 1 atom stereocenters. The summed E-state index contributed by atoms with van der Waals surface area (Å²) in [6, 6.07) is 1.15. The summed E-state index contributed by atoms with van der Waals surface area (Å²) >= 11 is 0. The molecular weight excluding hydrogens is 221 g/mol. The summed E-state index contributed by atoms with van der Waals surface area (Å²) in [6.45, 7) is 4.68. The SMILES string of the molecule is O=C(c1cncc(F)c1)C1CN2CCN1CC2. The maximum atomic E-state index is 13.0. The molecule has 0 spiro atoms. The Bertz CT molecular complexity index is 443. The number of aromatic nitrogens is 1. The van der Waals surface area contributed by atoms with Gasteiger partial charge in [0.2, 0.25) is 0 Å². The molecule has 2 bridgehead atoms.